The number of esters is 1. The van der Waals surface area contributed by atoms with Crippen LogP contribution >= 0.6 is 0 Å². The van der Waals surface area contributed by atoms with E-state index in [1.807, 2.05) is 71.0 Å². The fourth-order valence-electron chi connectivity index (χ4n) is 8.50. The second kappa shape index (κ2) is 18.3. The van der Waals surface area contributed by atoms with Crippen molar-refractivity contribution in [3.8, 4) is 28.7 Å². The summed E-state index contributed by atoms with van der Waals surface area (Å²) in [6.07, 6.45) is 5.62. The minimum Gasteiger partial charge on any atom is -0.493 e. The standard InChI is InChI=1S/C46H53N5O8/c1-6-11-41(52)59-43-39(57-4)26-32(27-40(43)58-5)45(54)50-25-20-46(30-50,33-15-16-37(55-2)38(28-33)56-3)19-24-49-22-17-31(18-23-49)42(53)44-48-35-13-7-8-14-36(35)51(44)29-34-12-9-10-21-47-34/h7-10,12-16,21,26-28,31H,6,11,17-20,22-25,29-30H2,1-5H3. The molecule has 2 aromatic heterocycles. The molecule has 1 amide bonds. The zero-order valence-electron chi connectivity index (χ0n) is 34.6. The molecule has 2 saturated heterocycles. The molecule has 13 heteroatoms. The van der Waals surface area contributed by atoms with Crippen LogP contribution in [0.1, 0.15) is 77.7 Å². The highest BCUT2D eigenvalue weighted by molar-refractivity contribution is 5.98. The fraction of sp³-hybridized carbons (Fsp3) is 0.413. The molecule has 0 N–H and O–H groups in total. The first kappa shape index (κ1) is 41.2. The highest BCUT2D eigenvalue weighted by Crippen LogP contribution is 2.44. The summed E-state index contributed by atoms with van der Waals surface area (Å²) in [7, 11) is 6.18. The highest BCUT2D eigenvalue weighted by atomic mass is 16.6. The number of methoxy groups -OCH3 is 4. The number of aromatic nitrogens is 3. The maximum Gasteiger partial charge on any atom is 0.311 e. The van der Waals surface area contributed by atoms with E-state index >= 15 is 0 Å². The smallest absolute Gasteiger partial charge is 0.311 e. The number of amides is 1. The SMILES string of the molecule is CCCC(=O)Oc1c(OC)cc(C(=O)N2CCC(CCN3CCC(C(=O)c4nc5ccccc5n4Cc4ccccn4)CC3)(c3ccc(OC)c(OC)c3)C2)cc1OC. The molecule has 13 nitrogen and oxygen atoms in total. The highest BCUT2D eigenvalue weighted by Gasteiger charge is 2.43. The van der Waals surface area contributed by atoms with Gasteiger partial charge < -0.3 is 38.1 Å². The molecule has 2 aliphatic rings. The molecule has 310 valence electrons. The molecule has 0 spiro atoms. The topological polar surface area (TPSA) is 135 Å². The van der Waals surface area contributed by atoms with Gasteiger partial charge in [-0.2, -0.15) is 0 Å². The van der Waals surface area contributed by atoms with Gasteiger partial charge in [-0.05, 0) is 106 Å². The van der Waals surface area contributed by atoms with E-state index in [0.29, 0.717) is 48.9 Å². The number of piperidine rings is 1. The summed E-state index contributed by atoms with van der Waals surface area (Å²) in [6.45, 7) is 5.70. The number of rotatable bonds is 16. The van der Waals surface area contributed by atoms with E-state index in [0.717, 1.165) is 67.6 Å². The molecule has 7 rings (SSSR count). The average Bonchev–Trinajstić information content (AvgIpc) is 3.88. The number of hydrogen-bond donors (Lipinski definition) is 0. The van der Waals surface area contributed by atoms with Gasteiger partial charge in [0.25, 0.3) is 5.91 Å². The number of carbonyl (C=O) groups excluding carboxylic acids is 3. The first-order valence-corrected chi connectivity index (χ1v) is 20.3. The quantitative estimate of drug-likeness (QED) is 0.0581. The van der Waals surface area contributed by atoms with Crippen LogP contribution in [0, 0.1) is 5.92 Å². The molecule has 1 atom stereocenters. The van der Waals surface area contributed by atoms with E-state index in [1.165, 1.54) is 14.2 Å². The van der Waals surface area contributed by atoms with Crippen LogP contribution in [0.15, 0.2) is 79.0 Å². The van der Waals surface area contributed by atoms with Crippen LogP contribution in [0.3, 0.4) is 0 Å². The Kier molecular flexibility index (Phi) is 12.8. The summed E-state index contributed by atoms with van der Waals surface area (Å²) in [5.41, 5.74) is 3.65. The summed E-state index contributed by atoms with van der Waals surface area (Å²) in [4.78, 5) is 54.5. The Hall–Kier alpha value is -5.95. The molecule has 2 aliphatic heterocycles. The molecule has 4 heterocycles. The number of carbonyl (C=O) groups is 3. The van der Waals surface area contributed by atoms with Crippen LogP contribution in [0.4, 0.5) is 0 Å². The minimum atomic E-state index is -0.407. The molecule has 0 aliphatic carbocycles. The number of pyridine rings is 1. The van der Waals surface area contributed by atoms with Gasteiger partial charge in [0.2, 0.25) is 11.5 Å². The zero-order chi connectivity index (χ0) is 41.5. The van der Waals surface area contributed by atoms with Crippen molar-refractivity contribution in [3.05, 3.63) is 102 Å². The van der Waals surface area contributed by atoms with Crippen LogP contribution in [0.5, 0.6) is 28.7 Å². The van der Waals surface area contributed by atoms with Gasteiger partial charge in [0.15, 0.2) is 28.8 Å². The number of ether oxygens (including phenoxy) is 5. The lowest BCUT2D eigenvalue weighted by atomic mass is 9.76. The van der Waals surface area contributed by atoms with Crippen molar-refractivity contribution in [1.29, 1.82) is 0 Å². The second-order valence-corrected chi connectivity index (χ2v) is 15.3. The van der Waals surface area contributed by atoms with Crippen molar-refractivity contribution in [3.63, 3.8) is 0 Å². The molecule has 0 saturated carbocycles. The van der Waals surface area contributed by atoms with Gasteiger partial charge in [-0.15, -0.1) is 0 Å². The molecule has 0 radical (unpaired) electrons. The van der Waals surface area contributed by atoms with Crippen molar-refractivity contribution in [2.75, 3.05) is 61.2 Å². The molecule has 3 aromatic carbocycles. The van der Waals surface area contributed by atoms with Crippen LogP contribution in [-0.2, 0) is 16.8 Å². The van der Waals surface area contributed by atoms with Crippen molar-refractivity contribution >= 4 is 28.7 Å². The zero-order valence-corrected chi connectivity index (χ0v) is 34.6. The normalized spacial score (nSPS) is 17.2. The third-order valence-electron chi connectivity index (χ3n) is 11.8. The summed E-state index contributed by atoms with van der Waals surface area (Å²) in [5.74, 6) is 1.75. The maximum absolute atomic E-state index is 14.3. The number of hydrogen-bond acceptors (Lipinski definition) is 11. The molecular formula is C46H53N5O8. The largest absolute Gasteiger partial charge is 0.493 e. The van der Waals surface area contributed by atoms with Gasteiger partial charge in [-0.1, -0.05) is 31.2 Å². The molecular weight excluding hydrogens is 751 g/mol. The predicted molar refractivity (Wildman–Crippen MR) is 223 cm³/mol. The Bertz CT molecular complexity index is 2260. The number of para-hydroxylation sites is 2. The van der Waals surface area contributed by atoms with Crippen LogP contribution < -0.4 is 23.7 Å². The average molecular weight is 804 g/mol. The minimum absolute atomic E-state index is 0.0731. The Balaban J connectivity index is 1.08. The van der Waals surface area contributed by atoms with Crippen molar-refractivity contribution in [2.45, 2.75) is 57.4 Å². The monoisotopic (exact) mass is 803 g/mol. The van der Waals surface area contributed by atoms with Crippen LogP contribution in [0.2, 0.25) is 0 Å². The van der Waals surface area contributed by atoms with E-state index in [1.54, 1.807) is 32.5 Å². The summed E-state index contributed by atoms with van der Waals surface area (Å²) < 4.78 is 30.1. The first-order valence-electron chi connectivity index (χ1n) is 20.3. The Morgan fingerprint density at radius 3 is 2.20 bits per heavy atom. The Labute approximate surface area is 345 Å². The predicted octanol–water partition coefficient (Wildman–Crippen LogP) is 6.99. The third-order valence-corrected chi connectivity index (χ3v) is 11.8. The first-order chi connectivity index (χ1) is 28.7. The van der Waals surface area contributed by atoms with Crippen LogP contribution in [0.25, 0.3) is 11.0 Å². The van der Waals surface area contributed by atoms with Crippen molar-refractivity contribution < 1.29 is 38.1 Å². The van der Waals surface area contributed by atoms with Gasteiger partial charge in [-0.3, -0.25) is 19.4 Å². The van der Waals surface area contributed by atoms with E-state index in [4.69, 9.17) is 28.7 Å². The Morgan fingerprint density at radius 2 is 1.53 bits per heavy atom. The number of nitrogens with zero attached hydrogens (tertiary/aromatic N) is 5. The van der Waals surface area contributed by atoms with Gasteiger partial charge in [0.05, 0.1) is 51.7 Å². The van der Waals surface area contributed by atoms with E-state index in [9.17, 15) is 14.4 Å². The van der Waals surface area contributed by atoms with Crippen molar-refractivity contribution in [1.82, 2.24) is 24.3 Å². The maximum atomic E-state index is 14.3. The Morgan fingerprint density at radius 1 is 0.814 bits per heavy atom. The van der Waals surface area contributed by atoms with Gasteiger partial charge >= 0.3 is 5.97 Å². The fourth-order valence-corrected chi connectivity index (χ4v) is 8.50. The van der Waals surface area contributed by atoms with E-state index in [-0.39, 0.29) is 46.7 Å². The van der Waals surface area contributed by atoms with Gasteiger partial charge in [0, 0.05) is 42.6 Å². The molecule has 0 bridgehead atoms. The molecule has 5 aromatic rings. The van der Waals surface area contributed by atoms with Gasteiger partial charge in [0.1, 0.15) is 0 Å². The summed E-state index contributed by atoms with van der Waals surface area (Å²) in [5, 5.41) is 0. The summed E-state index contributed by atoms with van der Waals surface area (Å²) >= 11 is 0. The van der Waals surface area contributed by atoms with Gasteiger partial charge in [-0.25, -0.2) is 4.98 Å². The van der Waals surface area contributed by atoms with E-state index in [2.05, 4.69) is 16.0 Å². The van der Waals surface area contributed by atoms with Crippen molar-refractivity contribution in [2.24, 2.45) is 5.92 Å². The number of benzene rings is 3. The van der Waals surface area contributed by atoms with Crippen LogP contribution in [-0.4, -0.2) is 103 Å². The number of likely N-dealkylation sites (tertiary alicyclic amines) is 2. The number of ketones is 1. The lowest BCUT2D eigenvalue weighted by molar-refractivity contribution is -0.134. The lowest BCUT2D eigenvalue weighted by Crippen LogP contribution is -2.41. The molecule has 59 heavy (non-hydrogen) atoms. The summed E-state index contributed by atoms with van der Waals surface area (Å²) in [6, 6.07) is 22.9. The second-order valence-electron chi connectivity index (χ2n) is 15.3. The van der Waals surface area contributed by atoms with E-state index < -0.39 is 5.97 Å². The third kappa shape index (κ3) is 8.75. The molecule has 1 unspecified atom stereocenters. The molecule has 2 fully saturated rings. The number of imidazole rings is 1. The number of fused-ring (bicyclic) bond motifs is 1. The lowest BCUT2D eigenvalue weighted by Gasteiger charge is -2.36. The number of Topliss-reactive ketones (excluding diaryl/α,β-unsaturated/α-hetero) is 1.